The van der Waals surface area contributed by atoms with Crippen molar-refractivity contribution in [3.05, 3.63) is 0 Å². The van der Waals surface area contributed by atoms with Crippen LogP contribution in [0.25, 0.3) is 0 Å². The van der Waals surface area contributed by atoms with E-state index in [1.54, 1.807) is 0 Å². The third-order valence-corrected chi connectivity index (χ3v) is 3.90. The molecule has 0 N–H and O–H groups in total. The molecule has 0 amide bonds. The van der Waals surface area contributed by atoms with Crippen molar-refractivity contribution >= 4 is 23.0 Å². The van der Waals surface area contributed by atoms with E-state index in [4.69, 9.17) is 11.6 Å². The van der Waals surface area contributed by atoms with Crippen molar-refractivity contribution in [1.82, 2.24) is 0 Å². The van der Waals surface area contributed by atoms with Gasteiger partial charge in [0.2, 0.25) is 0 Å². The highest BCUT2D eigenvalue weighted by Crippen LogP contribution is 2.20. The SMILES string of the molecule is CCCCCCCCC(CCCCCC)C(=O)OC(=O)Cl. The second kappa shape index (κ2) is 14.4. The van der Waals surface area contributed by atoms with E-state index in [0.29, 0.717) is 0 Å². The van der Waals surface area contributed by atoms with Gasteiger partial charge >= 0.3 is 11.4 Å². The molecule has 0 radical (unpaired) electrons. The lowest BCUT2D eigenvalue weighted by Gasteiger charge is -2.14. The third-order valence-electron chi connectivity index (χ3n) is 3.83. The zero-order chi connectivity index (χ0) is 15.9. The number of halogens is 1. The monoisotopic (exact) mass is 318 g/mol. The summed E-state index contributed by atoms with van der Waals surface area (Å²) in [5.41, 5.74) is -1.01. The molecule has 0 saturated carbocycles. The summed E-state index contributed by atoms with van der Waals surface area (Å²) in [6.07, 6.45) is 13.3. The molecule has 0 bridgehead atoms. The first-order chi connectivity index (χ1) is 10.1. The van der Waals surface area contributed by atoms with Crippen molar-refractivity contribution in [2.45, 2.75) is 90.9 Å². The maximum absolute atomic E-state index is 11.9. The summed E-state index contributed by atoms with van der Waals surface area (Å²) >= 11 is 5.14. The van der Waals surface area contributed by atoms with Gasteiger partial charge < -0.3 is 4.74 Å². The van der Waals surface area contributed by atoms with Crippen LogP contribution < -0.4 is 0 Å². The fraction of sp³-hybridized carbons (Fsp3) is 0.882. The van der Waals surface area contributed by atoms with Gasteiger partial charge in [-0.05, 0) is 12.8 Å². The van der Waals surface area contributed by atoms with Gasteiger partial charge in [0.05, 0.1) is 5.92 Å². The van der Waals surface area contributed by atoms with Crippen LogP contribution in [0.3, 0.4) is 0 Å². The largest absolute Gasteiger partial charge is 0.411 e. The van der Waals surface area contributed by atoms with Crippen molar-refractivity contribution in [1.29, 1.82) is 0 Å². The number of rotatable bonds is 13. The van der Waals surface area contributed by atoms with Crippen LogP contribution in [0.5, 0.6) is 0 Å². The third kappa shape index (κ3) is 12.9. The number of esters is 1. The Morgan fingerprint density at radius 2 is 1.24 bits per heavy atom. The lowest BCUT2D eigenvalue weighted by atomic mass is 9.94. The molecule has 0 aromatic rings. The number of carbonyl (C=O) groups excluding carboxylic acids is 2. The molecule has 124 valence electrons. The van der Waals surface area contributed by atoms with Crippen LogP contribution in [-0.4, -0.2) is 11.4 Å². The Morgan fingerprint density at radius 1 is 0.810 bits per heavy atom. The van der Waals surface area contributed by atoms with E-state index in [2.05, 4.69) is 18.6 Å². The average molecular weight is 319 g/mol. The molecule has 1 unspecified atom stereocenters. The van der Waals surface area contributed by atoms with Crippen LogP contribution in [0.2, 0.25) is 0 Å². The van der Waals surface area contributed by atoms with Crippen molar-refractivity contribution in [2.24, 2.45) is 5.92 Å². The molecular weight excluding hydrogens is 288 g/mol. The highest BCUT2D eigenvalue weighted by atomic mass is 35.5. The Balaban J connectivity index is 3.99. The molecule has 0 aromatic heterocycles. The quantitative estimate of drug-likeness (QED) is 0.175. The zero-order valence-corrected chi connectivity index (χ0v) is 14.4. The fourth-order valence-electron chi connectivity index (χ4n) is 2.53. The van der Waals surface area contributed by atoms with E-state index in [0.717, 1.165) is 38.5 Å². The number of ether oxygens (including phenoxy) is 1. The van der Waals surface area contributed by atoms with E-state index >= 15 is 0 Å². The van der Waals surface area contributed by atoms with E-state index in [-0.39, 0.29) is 5.92 Å². The van der Waals surface area contributed by atoms with Crippen LogP contribution in [-0.2, 0) is 9.53 Å². The smallest absolute Gasteiger partial charge is 0.380 e. The molecule has 0 aliphatic heterocycles. The summed E-state index contributed by atoms with van der Waals surface area (Å²) in [6, 6.07) is 0. The van der Waals surface area contributed by atoms with Gasteiger partial charge in [0.15, 0.2) is 0 Å². The first kappa shape index (κ1) is 20.4. The molecule has 4 heteroatoms. The molecule has 0 aliphatic carbocycles. The van der Waals surface area contributed by atoms with Crippen molar-refractivity contribution < 1.29 is 14.3 Å². The maximum Gasteiger partial charge on any atom is 0.411 e. The standard InChI is InChI=1S/C17H31ClO3/c1-3-5-7-9-10-12-14-15(13-11-8-6-4-2)16(19)21-17(18)20/h15H,3-14H2,1-2H3. The van der Waals surface area contributed by atoms with E-state index in [1.165, 1.54) is 38.5 Å². The van der Waals surface area contributed by atoms with Crippen LogP contribution in [0, 0.1) is 5.92 Å². The predicted octanol–water partition coefficient (Wildman–Crippen LogP) is 6.23. The molecule has 0 heterocycles. The molecule has 0 fully saturated rings. The van der Waals surface area contributed by atoms with Crippen molar-refractivity contribution in [3.8, 4) is 0 Å². The Kier molecular flexibility index (Phi) is 14.0. The number of carbonyl (C=O) groups is 2. The first-order valence-electron chi connectivity index (χ1n) is 8.52. The number of unbranched alkanes of at least 4 members (excludes halogenated alkanes) is 8. The Hall–Kier alpha value is -0.570. The molecule has 0 spiro atoms. The van der Waals surface area contributed by atoms with Gasteiger partial charge in [-0.1, -0.05) is 78.1 Å². The van der Waals surface area contributed by atoms with Crippen LogP contribution in [0.15, 0.2) is 0 Å². The molecule has 21 heavy (non-hydrogen) atoms. The van der Waals surface area contributed by atoms with E-state index < -0.39 is 11.4 Å². The molecule has 0 aliphatic rings. The molecular formula is C17H31ClO3. The molecule has 0 aromatic carbocycles. The highest BCUT2D eigenvalue weighted by Gasteiger charge is 2.21. The summed E-state index contributed by atoms with van der Waals surface area (Å²) in [6.45, 7) is 4.36. The van der Waals surface area contributed by atoms with Crippen LogP contribution >= 0.6 is 11.6 Å². The van der Waals surface area contributed by atoms with E-state index in [9.17, 15) is 9.59 Å². The Morgan fingerprint density at radius 3 is 1.71 bits per heavy atom. The van der Waals surface area contributed by atoms with Crippen molar-refractivity contribution in [2.75, 3.05) is 0 Å². The summed E-state index contributed by atoms with van der Waals surface area (Å²) in [5.74, 6) is -0.615. The second-order valence-corrected chi connectivity index (χ2v) is 6.07. The van der Waals surface area contributed by atoms with Crippen LogP contribution in [0.4, 0.5) is 4.79 Å². The zero-order valence-electron chi connectivity index (χ0n) is 13.7. The minimum Gasteiger partial charge on any atom is -0.380 e. The summed E-state index contributed by atoms with van der Waals surface area (Å²) in [7, 11) is 0. The highest BCUT2D eigenvalue weighted by molar-refractivity contribution is 6.61. The van der Waals surface area contributed by atoms with Crippen molar-refractivity contribution in [3.63, 3.8) is 0 Å². The summed E-state index contributed by atoms with van der Waals surface area (Å²) < 4.78 is 4.55. The minimum atomic E-state index is -1.01. The minimum absolute atomic E-state index is 0.171. The molecule has 0 saturated heterocycles. The van der Waals surface area contributed by atoms with Gasteiger partial charge in [-0.15, -0.1) is 0 Å². The number of hydrogen-bond acceptors (Lipinski definition) is 3. The summed E-state index contributed by atoms with van der Waals surface area (Å²) in [5, 5.41) is 0. The maximum atomic E-state index is 11.9. The second-order valence-electron chi connectivity index (χ2n) is 5.76. The van der Waals surface area contributed by atoms with Gasteiger partial charge in [0.1, 0.15) is 0 Å². The fourth-order valence-corrected chi connectivity index (χ4v) is 2.61. The lowest BCUT2D eigenvalue weighted by Crippen LogP contribution is -2.19. The van der Waals surface area contributed by atoms with Gasteiger partial charge in [-0.3, -0.25) is 4.79 Å². The normalized spacial score (nSPS) is 12.1. The average Bonchev–Trinajstić information content (AvgIpc) is 2.44. The Labute approximate surface area is 134 Å². The molecule has 1 atom stereocenters. The Bertz CT molecular complexity index is 279. The van der Waals surface area contributed by atoms with Gasteiger partial charge in [-0.2, -0.15) is 0 Å². The van der Waals surface area contributed by atoms with Gasteiger partial charge in [-0.25, -0.2) is 4.79 Å². The lowest BCUT2D eigenvalue weighted by molar-refractivity contribution is -0.141. The molecule has 3 nitrogen and oxygen atoms in total. The van der Waals surface area contributed by atoms with Gasteiger partial charge in [0.25, 0.3) is 0 Å². The molecule has 0 rings (SSSR count). The van der Waals surface area contributed by atoms with E-state index in [1.807, 2.05) is 0 Å². The van der Waals surface area contributed by atoms with Crippen LogP contribution in [0.1, 0.15) is 90.9 Å². The first-order valence-corrected chi connectivity index (χ1v) is 8.90. The summed E-state index contributed by atoms with van der Waals surface area (Å²) in [4.78, 5) is 22.6. The predicted molar refractivity (Wildman–Crippen MR) is 87.6 cm³/mol. The number of hydrogen-bond donors (Lipinski definition) is 0. The topological polar surface area (TPSA) is 43.4 Å². The van der Waals surface area contributed by atoms with Gasteiger partial charge in [0, 0.05) is 11.6 Å².